The molecule has 1 saturated heterocycles. The predicted octanol–water partition coefficient (Wildman–Crippen LogP) is 6.33. The number of halogens is 1. The Bertz CT molecular complexity index is 1390. The molecule has 1 aliphatic rings. The first-order chi connectivity index (χ1) is 17.7. The Morgan fingerprint density at radius 2 is 1.78 bits per heavy atom. The molecule has 1 heterocycles. The van der Waals surface area contributed by atoms with Crippen LogP contribution in [-0.4, -0.2) is 35.6 Å². The van der Waals surface area contributed by atoms with Crippen molar-refractivity contribution >= 4 is 56.5 Å². The number of nitrogens with zero attached hydrogens (tertiary/aromatic N) is 1. The maximum atomic E-state index is 13.0. The summed E-state index contributed by atoms with van der Waals surface area (Å²) in [5.74, 6) is 0.0407. The van der Waals surface area contributed by atoms with Crippen molar-refractivity contribution in [3.8, 4) is 11.5 Å². The summed E-state index contributed by atoms with van der Waals surface area (Å²) < 4.78 is 12.1. The Hall–Kier alpha value is -3.56. The monoisotopic (exact) mass is 580 g/mol. The maximum absolute atomic E-state index is 13.0. The van der Waals surface area contributed by atoms with Gasteiger partial charge in [0.25, 0.3) is 11.1 Å². The number of hydrogen-bond donors (Lipinski definition) is 1. The second-order valence-electron chi connectivity index (χ2n) is 8.41. The molecule has 3 amide bonds. The van der Waals surface area contributed by atoms with E-state index in [4.69, 9.17) is 9.47 Å². The van der Waals surface area contributed by atoms with Crippen LogP contribution < -0.4 is 14.8 Å². The summed E-state index contributed by atoms with van der Waals surface area (Å²) in [5.41, 5.74) is 4.40. The zero-order valence-corrected chi connectivity index (χ0v) is 22.9. The Morgan fingerprint density at radius 1 is 1.03 bits per heavy atom. The van der Waals surface area contributed by atoms with Crippen LogP contribution in [0.4, 0.5) is 10.5 Å². The lowest BCUT2D eigenvalue weighted by molar-refractivity contribution is -0.127. The van der Waals surface area contributed by atoms with Gasteiger partial charge in [0, 0.05) is 10.2 Å². The van der Waals surface area contributed by atoms with E-state index >= 15 is 0 Å². The number of amides is 3. The molecule has 0 aromatic heterocycles. The summed E-state index contributed by atoms with van der Waals surface area (Å²) in [7, 11) is 1.53. The van der Waals surface area contributed by atoms with Crippen LogP contribution in [0.15, 0.2) is 70.0 Å². The molecule has 0 saturated carbocycles. The lowest BCUT2D eigenvalue weighted by Crippen LogP contribution is -2.36. The van der Waals surface area contributed by atoms with Gasteiger partial charge < -0.3 is 14.8 Å². The molecule has 1 N–H and O–H groups in total. The molecule has 190 valence electrons. The Kier molecular flexibility index (Phi) is 8.35. The number of imide groups is 1. The van der Waals surface area contributed by atoms with E-state index in [0.717, 1.165) is 33.4 Å². The third kappa shape index (κ3) is 6.42. The highest BCUT2D eigenvalue weighted by Gasteiger charge is 2.36. The molecule has 4 rings (SSSR count). The summed E-state index contributed by atoms with van der Waals surface area (Å²) in [5, 5.41) is 2.24. The normalized spacial score (nSPS) is 14.3. The van der Waals surface area contributed by atoms with Crippen LogP contribution in [0.5, 0.6) is 11.5 Å². The number of hydrogen-bond acceptors (Lipinski definition) is 6. The molecule has 3 aromatic rings. The van der Waals surface area contributed by atoms with Gasteiger partial charge in [-0.05, 0) is 78.2 Å². The molecular formula is C28H25BrN2O5S. The number of rotatable bonds is 8. The van der Waals surface area contributed by atoms with Gasteiger partial charge >= 0.3 is 0 Å². The first kappa shape index (κ1) is 26.5. The lowest BCUT2D eigenvalue weighted by atomic mass is 10.1. The predicted molar refractivity (Wildman–Crippen MR) is 149 cm³/mol. The fraction of sp³-hybridized carbons (Fsp3) is 0.179. The van der Waals surface area contributed by atoms with Crippen molar-refractivity contribution in [2.24, 2.45) is 0 Å². The topological polar surface area (TPSA) is 84.9 Å². The molecular weight excluding hydrogens is 556 g/mol. The summed E-state index contributed by atoms with van der Waals surface area (Å²) in [6.45, 7) is 3.92. The fourth-order valence-electron chi connectivity index (χ4n) is 3.61. The van der Waals surface area contributed by atoms with Crippen LogP contribution in [0.3, 0.4) is 0 Å². The molecule has 0 unspecified atom stereocenters. The van der Waals surface area contributed by atoms with Crippen molar-refractivity contribution in [1.82, 2.24) is 4.90 Å². The Morgan fingerprint density at radius 3 is 2.49 bits per heavy atom. The maximum Gasteiger partial charge on any atom is 0.294 e. The quantitative estimate of drug-likeness (QED) is 0.313. The van der Waals surface area contributed by atoms with Crippen molar-refractivity contribution in [3.63, 3.8) is 0 Å². The van der Waals surface area contributed by atoms with E-state index in [9.17, 15) is 14.4 Å². The molecule has 3 aromatic carbocycles. The fourth-order valence-corrected chi connectivity index (χ4v) is 4.88. The van der Waals surface area contributed by atoms with E-state index in [1.54, 1.807) is 24.3 Å². The third-order valence-corrected chi connectivity index (χ3v) is 7.37. The average Bonchev–Trinajstić information content (AvgIpc) is 3.14. The lowest BCUT2D eigenvalue weighted by Gasteiger charge is -2.14. The molecule has 9 heteroatoms. The minimum atomic E-state index is -0.527. The van der Waals surface area contributed by atoms with E-state index in [2.05, 4.69) is 21.2 Å². The van der Waals surface area contributed by atoms with Crippen molar-refractivity contribution in [1.29, 1.82) is 0 Å². The number of carbonyl (C=O) groups is 3. The molecule has 7 nitrogen and oxygen atoms in total. The van der Waals surface area contributed by atoms with Crippen molar-refractivity contribution in [2.75, 3.05) is 19.0 Å². The first-order valence-corrected chi connectivity index (χ1v) is 13.0. The second kappa shape index (κ2) is 11.7. The minimum absolute atomic E-state index is 0.213. The average molecular weight is 581 g/mol. The van der Waals surface area contributed by atoms with Crippen LogP contribution >= 0.6 is 27.7 Å². The largest absolute Gasteiger partial charge is 0.493 e. The van der Waals surface area contributed by atoms with Crippen LogP contribution in [0, 0.1) is 13.8 Å². The molecule has 0 radical (unpaired) electrons. The van der Waals surface area contributed by atoms with Gasteiger partial charge in [0.15, 0.2) is 11.5 Å². The van der Waals surface area contributed by atoms with Gasteiger partial charge in [0.1, 0.15) is 13.2 Å². The Balaban J connectivity index is 1.47. The zero-order valence-electron chi connectivity index (χ0n) is 20.5. The van der Waals surface area contributed by atoms with Gasteiger partial charge in [0.05, 0.1) is 12.0 Å². The minimum Gasteiger partial charge on any atom is -0.493 e. The molecule has 0 spiro atoms. The number of aryl methyl sites for hydroxylation is 2. The van der Waals surface area contributed by atoms with Gasteiger partial charge in [-0.3, -0.25) is 19.3 Å². The number of methoxy groups -OCH3 is 1. The van der Waals surface area contributed by atoms with Crippen molar-refractivity contribution in [2.45, 2.75) is 20.5 Å². The molecule has 0 bridgehead atoms. The van der Waals surface area contributed by atoms with Gasteiger partial charge in [-0.15, -0.1) is 0 Å². The molecule has 0 aliphatic carbocycles. The van der Waals surface area contributed by atoms with Gasteiger partial charge in [-0.25, -0.2) is 0 Å². The first-order valence-electron chi connectivity index (χ1n) is 11.4. The molecule has 0 atom stereocenters. The van der Waals surface area contributed by atoms with Gasteiger partial charge in [-0.1, -0.05) is 52.3 Å². The van der Waals surface area contributed by atoms with E-state index < -0.39 is 17.1 Å². The van der Waals surface area contributed by atoms with Gasteiger partial charge in [0.2, 0.25) is 5.91 Å². The summed E-state index contributed by atoms with van der Waals surface area (Å²) in [6.07, 6.45) is 1.60. The standard InChI is InChI=1S/C28H25BrN2O5S/c1-17-9-10-21(11-18(17)2)30-26(32)15-31-27(33)25(37-28(31)34)13-20-12-23(35-3)24(14-22(20)29)36-16-19-7-5-4-6-8-19/h4-14H,15-16H2,1-3H3,(H,30,32)/b25-13+. The second-order valence-corrected chi connectivity index (χ2v) is 10.3. The number of benzene rings is 3. The van der Waals surface area contributed by atoms with E-state index in [1.807, 2.05) is 56.3 Å². The number of carbonyl (C=O) groups excluding carboxylic acids is 3. The molecule has 1 aliphatic heterocycles. The van der Waals surface area contributed by atoms with Crippen LogP contribution in [0.25, 0.3) is 6.08 Å². The SMILES string of the molecule is COc1cc(/C=C2/SC(=O)N(CC(=O)Nc3ccc(C)c(C)c3)C2=O)c(Br)cc1OCc1ccccc1. The highest BCUT2D eigenvalue weighted by Crippen LogP contribution is 2.38. The highest BCUT2D eigenvalue weighted by atomic mass is 79.9. The number of thioether (sulfide) groups is 1. The van der Waals surface area contributed by atoms with Crippen LogP contribution in [0.1, 0.15) is 22.3 Å². The summed E-state index contributed by atoms with van der Waals surface area (Å²) in [4.78, 5) is 39.2. The van der Waals surface area contributed by atoms with Crippen molar-refractivity contribution in [3.05, 3.63) is 92.3 Å². The summed E-state index contributed by atoms with van der Waals surface area (Å²) in [6, 6.07) is 18.8. The van der Waals surface area contributed by atoms with Crippen molar-refractivity contribution < 1.29 is 23.9 Å². The van der Waals surface area contributed by atoms with Gasteiger partial charge in [-0.2, -0.15) is 0 Å². The van der Waals surface area contributed by atoms with E-state index in [1.165, 1.54) is 7.11 Å². The van der Waals surface area contributed by atoms with E-state index in [-0.39, 0.29) is 11.4 Å². The summed E-state index contributed by atoms with van der Waals surface area (Å²) >= 11 is 4.31. The number of ether oxygens (including phenoxy) is 2. The van der Waals surface area contributed by atoms with Crippen LogP contribution in [-0.2, 0) is 16.2 Å². The third-order valence-electron chi connectivity index (χ3n) is 5.77. The zero-order chi connectivity index (χ0) is 26.5. The molecule has 1 fully saturated rings. The van der Waals surface area contributed by atoms with E-state index in [0.29, 0.717) is 33.8 Å². The molecule has 37 heavy (non-hydrogen) atoms. The number of anilines is 1. The van der Waals surface area contributed by atoms with Crippen LogP contribution in [0.2, 0.25) is 0 Å². The smallest absolute Gasteiger partial charge is 0.294 e. The number of nitrogens with one attached hydrogen (secondary N) is 1. The highest BCUT2D eigenvalue weighted by molar-refractivity contribution is 9.10. The Labute approximate surface area is 228 Å².